The van der Waals surface area contributed by atoms with Gasteiger partial charge in [0.25, 0.3) is 0 Å². The van der Waals surface area contributed by atoms with Crippen LogP contribution < -0.4 is 0 Å². The molecule has 0 aliphatic heterocycles. The zero-order valence-corrected chi connectivity index (χ0v) is 11.3. The van der Waals surface area contributed by atoms with Crippen molar-refractivity contribution in [2.45, 2.75) is 32.6 Å². The molecular weight excluding hydrogens is 252 g/mol. The number of nitrogens with zero attached hydrogens (tertiary/aromatic N) is 2. The largest absolute Gasteiger partial charge is 0.389 e. The van der Waals surface area contributed by atoms with E-state index in [0.717, 1.165) is 10.9 Å². The predicted octanol–water partition coefficient (Wildman–Crippen LogP) is 2.48. The van der Waals surface area contributed by atoms with Crippen molar-refractivity contribution in [1.29, 1.82) is 0 Å². The van der Waals surface area contributed by atoms with Gasteiger partial charge in [0, 0.05) is 5.39 Å². The van der Waals surface area contributed by atoms with E-state index in [1.807, 2.05) is 38.1 Å². The highest BCUT2D eigenvalue weighted by Crippen LogP contribution is 2.22. The molecule has 1 aromatic heterocycles. The van der Waals surface area contributed by atoms with Crippen molar-refractivity contribution in [2.75, 3.05) is 6.61 Å². The lowest BCUT2D eigenvalue weighted by molar-refractivity contribution is -0.00152. The second kappa shape index (κ2) is 5.69. The van der Waals surface area contributed by atoms with Gasteiger partial charge in [0.2, 0.25) is 0 Å². The number of aliphatic hydroxyl groups is 1. The number of ether oxygens (including phenoxy) is 1. The highest BCUT2D eigenvalue weighted by Gasteiger charge is 2.12. The van der Waals surface area contributed by atoms with Crippen molar-refractivity contribution < 1.29 is 9.84 Å². The molecule has 0 aliphatic rings. The summed E-state index contributed by atoms with van der Waals surface area (Å²) in [6, 6.07) is 7.69. The van der Waals surface area contributed by atoms with E-state index in [1.54, 1.807) is 4.68 Å². The van der Waals surface area contributed by atoms with Crippen LogP contribution in [0.15, 0.2) is 24.3 Å². The van der Waals surface area contributed by atoms with E-state index in [-0.39, 0.29) is 6.10 Å². The number of rotatable bonds is 5. The summed E-state index contributed by atoms with van der Waals surface area (Å²) in [7, 11) is 0. The van der Waals surface area contributed by atoms with E-state index in [9.17, 15) is 5.11 Å². The van der Waals surface area contributed by atoms with Gasteiger partial charge in [-0.25, -0.2) is 0 Å². The van der Waals surface area contributed by atoms with Gasteiger partial charge in [-0.1, -0.05) is 23.7 Å². The molecule has 0 saturated carbocycles. The SMILES string of the molecule is CC(C)OCC(O)Cn1nc(Cl)c2ccccc21. The van der Waals surface area contributed by atoms with Gasteiger partial charge in [-0.15, -0.1) is 0 Å². The molecule has 18 heavy (non-hydrogen) atoms. The molecule has 0 bridgehead atoms. The fourth-order valence-electron chi connectivity index (χ4n) is 1.78. The summed E-state index contributed by atoms with van der Waals surface area (Å²) >= 11 is 6.04. The Labute approximate surface area is 111 Å². The molecule has 1 heterocycles. The third-order valence-corrected chi connectivity index (χ3v) is 2.90. The van der Waals surface area contributed by atoms with Crippen LogP contribution in [0.2, 0.25) is 5.15 Å². The maximum atomic E-state index is 9.89. The van der Waals surface area contributed by atoms with Crippen molar-refractivity contribution in [3.63, 3.8) is 0 Å². The Morgan fingerprint density at radius 1 is 1.39 bits per heavy atom. The number of aromatic nitrogens is 2. The molecule has 2 rings (SSSR count). The summed E-state index contributed by atoms with van der Waals surface area (Å²) in [5.74, 6) is 0. The zero-order valence-electron chi connectivity index (χ0n) is 10.5. The molecule has 98 valence electrons. The summed E-state index contributed by atoms with van der Waals surface area (Å²) in [4.78, 5) is 0. The van der Waals surface area contributed by atoms with Gasteiger partial charge in [-0.3, -0.25) is 4.68 Å². The average molecular weight is 269 g/mol. The average Bonchev–Trinajstić information content (AvgIpc) is 2.65. The first-order valence-corrected chi connectivity index (χ1v) is 6.36. The maximum Gasteiger partial charge on any atom is 0.158 e. The third-order valence-electron chi connectivity index (χ3n) is 2.62. The standard InChI is InChI=1S/C13H17ClN2O2/c1-9(2)18-8-10(17)7-16-12-6-4-3-5-11(12)13(14)15-16/h3-6,9-10,17H,7-8H2,1-2H3. The topological polar surface area (TPSA) is 47.3 Å². The summed E-state index contributed by atoms with van der Waals surface area (Å²) in [6.07, 6.45) is -0.482. The van der Waals surface area contributed by atoms with Crippen LogP contribution in [0.3, 0.4) is 0 Å². The second-order valence-electron chi connectivity index (χ2n) is 4.53. The van der Waals surface area contributed by atoms with E-state index in [1.165, 1.54) is 0 Å². The number of fused-ring (bicyclic) bond motifs is 1. The molecule has 0 spiro atoms. The molecule has 1 N–H and O–H groups in total. The van der Waals surface area contributed by atoms with Gasteiger partial charge in [-0.05, 0) is 26.0 Å². The van der Waals surface area contributed by atoms with Crippen molar-refractivity contribution in [2.24, 2.45) is 0 Å². The molecular formula is C13H17ClN2O2. The van der Waals surface area contributed by atoms with Crippen LogP contribution in [0.1, 0.15) is 13.8 Å². The lowest BCUT2D eigenvalue weighted by Gasteiger charge is -2.13. The molecule has 0 saturated heterocycles. The Morgan fingerprint density at radius 3 is 2.83 bits per heavy atom. The number of aliphatic hydroxyl groups excluding tert-OH is 1. The number of para-hydroxylation sites is 1. The molecule has 0 fully saturated rings. The van der Waals surface area contributed by atoms with Crippen molar-refractivity contribution in [3.8, 4) is 0 Å². The summed E-state index contributed by atoms with van der Waals surface area (Å²) < 4.78 is 7.08. The van der Waals surface area contributed by atoms with Crippen LogP contribution in [-0.4, -0.2) is 33.7 Å². The Morgan fingerprint density at radius 2 is 2.11 bits per heavy atom. The molecule has 5 heteroatoms. The molecule has 1 unspecified atom stereocenters. The Bertz CT molecular complexity index is 525. The fourth-order valence-corrected chi connectivity index (χ4v) is 2.03. The molecule has 0 aliphatic carbocycles. The number of benzene rings is 1. The quantitative estimate of drug-likeness (QED) is 0.906. The molecule has 2 aromatic rings. The fraction of sp³-hybridized carbons (Fsp3) is 0.462. The number of hydrogen-bond acceptors (Lipinski definition) is 3. The second-order valence-corrected chi connectivity index (χ2v) is 4.88. The first-order chi connectivity index (χ1) is 8.58. The van der Waals surface area contributed by atoms with Crippen LogP contribution in [0, 0.1) is 0 Å². The lowest BCUT2D eigenvalue weighted by atomic mass is 10.2. The van der Waals surface area contributed by atoms with Gasteiger partial charge < -0.3 is 9.84 Å². The molecule has 4 nitrogen and oxygen atoms in total. The highest BCUT2D eigenvalue weighted by molar-refractivity contribution is 6.34. The van der Waals surface area contributed by atoms with Crippen molar-refractivity contribution in [1.82, 2.24) is 9.78 Å². The zero-order chi connectivity index (χ0) is 13.1. The van der Waals surface area contributed by atoms with E-state index in [0.29, 0.717) is 18.3 Å². The Balaban J connectivity index is 2.12. The minimum Gasteiger partial charge on any atom is -0.389 e. The van der Waals surface area contributed by atoms with Crippen LogP contribution in [0.4, 0.5) is 0 Å². The Kier molecular flexibility index (Phi) is 4.22. The van der Waals surface area contributed by atoms with Crippen LogP contribution >= 0.6 is 11.6 Å². The minimum absolute atomic E-state index is 0.109. The number of halogens is 1. The highest BCUT2D eigenvalue weighted by atomic mass is 35.5. The van der Waals surface area contributed by atoms with Gasteiger partial charge in [0.05, 0.1) is 30.9 Å². The van der Waals surface area contributed by atoms with Crippen LogP contribution in [-0.2, 0) is 11.3 Å². The first kappa shape index (κ1) is 13.3. The summed E-state index contributed by atoms with van der Waals surface area (Å²) in [5, 5.41) is 15.5. The molecule has 0 radical (unpaired) electrons. The third kappa shape index (κ3) is 3.02. The van der Waals surface area contributed by atoms with Gasteiger partial charge in [0.1, 0.15) is 0 Å². The van der Waals surface area contributed by atoms with E-state index in [4.69, 9.17) is 16.3 Å². The van der Waals surface area contributed by atoms with Crippen molar-refractivity contribution in [3.05, 3.63) is 29.4 Å². The summed E-state index contributed by atoms with van der Waals surface area (Å²) in [6.45, 7) is 4.54. The normalized spacial score (nSPS) is 13.4. The molecule has 1 atom stereocenters. The predicted molar refractivity (Wildman–Crippen MR) is 71.8 cm³/mol. The Hall–Kier alpha value is -1.10. The monoisotopic (exact) mass is 268 g/mol. The summed E-state index contributed by atoms with van der Waals surface area (Å²) in [5.41, 5.74) is 0.922. The lowest BCUT2D eigenvalue weighted by Crippen LogP contribution is -2.24. The van der Waals surface area contributed by atoms with Gasteiger partial charge in [0.15, 0.2) is 5.15 Å². The smallest absolute Gasteiger partial charge is 0.158 e. The van der Waals surface area contributed by atoms with Gasteiger partial charge in [-0.2, -0.15) is 5.10 Å². The first-order valence-electron chi connectivity index (χ1n) is 5.98. The van der Waals surface area contributed by atoms with Gasteiger partial charge >= 0.3 is 0 Å². The van der Waals surface area contributed by atoms with Crippen LogP contribution in [0.25, 0.3) is 10.9 Å². The molecule has 0 amide bonds. The van der Waals surface area contributed by atoms with E-state index in [2.05, 4.69) is 5.10 Å². The van der Waals surface area contributed by atoms with Crippen molar-refractivity contribution >= 4 is 22.5 Å². The van der Waals surface area contributed by atoms with E-state index >= 15 is 0 Å². The van der Waals surface area contributed by atoms with E-state index < -0.39 is 6.10 Å². The molecule has 1 aromatic carbocycles. The maximum absolute atomic E-state index is 9.89. The number of hydrogen-bond donors (Lipinski definition) is 1. The van der Waals surface area contributed by atoms with Crippen LogP contribution in [0.5, 0.6) is 0 Å². The minimum atomic E-state index is -0.591.